The Kier molecular flexibility index (Phi) is 6.79. The van der Waals surface area contributed by atoms with Gasteiger partial charge in [-0.1, -0.05) is 18.5 Å². The molecule has 0 saturated heterocycles. The molecule has 0 saturated carbocycles. The normalized spacial score (nSPS) is 10.4. The predicted octanol–water partition coefficient (Wildman–Crippen LogP) is 4.27. The van der Waals surface area contributed by atoms with Crippen molar-refractivity contribution in [3.8, 4) is 21.9 Å². The number of rotatable bonds is 7. The largest absolute Gasteiger partial charge is 0.493 e. The van der Waals surface area contributed by atoms with Crippen molar-refractivity contribution in [3.05, 3.63) is 58.2 Å². The average Bonchev–Trinajstić information content (AvgIpc) is 3.38. The van der Waals surface area contributed by atoms with Crippen LogP contribution in [0.3, 0.4) is 0 Å². The van der Waals surface area contributed by atoms with Crippen molar-refractivity contribution in [3.63, 3.8) is 0 Å². The van der Waals surface area contributed by atoms with E-state index in [0.717, 1.165) is 11.3 Å². The summed E-state index contributed by atoms with van der Waals surface area (Å²) in [6.45, 7) is 2.55. The molecule has 2 aromatic heterocycles. The first-order chi connectivity index (χ1) is 14.0. The molecule has 0 atom stereocenters. The number of ether oxygens (including phenoxy) is 2. The Labute approximate surface area is 177 Å². The number of thiophene rings is 1. The first kappa shape index (κ1) is 20.8. The Balaban J connectivity index is 1.67. The number of H-pyrrole nitrogens is 1. The summed E-state index contributed by atoms with van der Waals surface area (Å²) in [6, 6.07) is 8.42. The maximum absolute atomic E-state index is 12.5. The van der Waals surface area contributed by atoms with Crippen molar-refractivity contribution in [2.45, 2.75) is 13.3 Å². The van der Waals surface area contributed by atoms with Crippen molar-refractivity contribution >= 4 is 34.8 Å². The van der Waals surface area contributed by atoms with Crippen LogP contribution in [0.1, 0.15) is 34.1 Å². The van der Waals surface area contributed by atoms with Crippen molar-refractivity contribution in [1.29, 1.82) is 0 Å². The van der Waals surface area contributed by atoms with E-state index < -0.39 is 11.8 Å². The average molecular weight is 434 g/mol. The molecule has 0 radical (unpaired) electrons. The molecule has 1 aromatic carbocycles. The number of hydrogen-bond donors (Lipinski definition) is 3. The predicted molar refractivity (Wildman–Crippen MR) is 113 cm³/mol. The second-order valence-electron chi connectivity index (χ2n) is 6.01. The fourth-order valence-electron chi connectivity index (χ4n) is 2.61. The van der Waals surface area contributed by atoms with E-state index in [4.69, 9.17) is 21.1 Å². The van der Waals surface area contributed by atoms with E-state index in [2.05, 4.69) is 15.8 Å². The maximum atomic E-state index is 12.5. The minimum absolute atomic E-state index is 0.324. The lowest BCUT2D eigenvalue weighted by Gasteiger charge is -2.12. The first-order valence-corrected chi connectivity index (χ1v) is 10.1. The number of aromatic amines is 1. The lowest BCUT2D eigenvalue weighted by atomic mass is 10.1. The number of nitrogens with one attached hydrogen (secondary N) is 3. The van der Waals surface area contributed by atoms with Crippen LogP contribution in [0.25, 0.3) is 10.4 Å². The molecule has 0 aliphatic rings. The van der Waals surface area contributed by atoms with Crippen molar-refractivity contribution in [2.24, 2.45) is 0 Å². The van der Waals surface area contributed by atoms with Crippen LogP contribution in [-0.2, 0) is 0 Å². The highest BCUT2D eigenvalue weighted by atomic mass is 35.5. The van der Waals surface area contributed by atoms with Gasteiger partial charge < -0.3 is 14.5 Å². The molecule has 29 heavy (non-hydrogen) atoms. The molecule has 7 nitrogen and oxygen atoms in total. The first-order valence-electron chi connectivity index (χ1n) is 8.87. The molecule has 0 bridgehead atoms. The van der Waals surface area contributed by atoms with E-state index in [0.29, 0.717) is 39.1 Å². The molecular weight excluding hydrogens is 414 g/mol. The Morgan fingerprint density at radius 2 is 1.90 bits per heavy atom. The van der Waals surface area contributed by atoms with Gasteiger partial charge in [0.2, 0.25) is 0 Å². The zero-order valence-corrected chi connectivity index (χ0v) is 17.4. The highest BCUT2D eigenvalue weighted by molar-refractivity contribution is 7.19. The van der Waals surface area contributed by atoms with E-state index in [1.54, 1.807) is 36.7 Å². The second-order valence-corrected chi connectivity index (χ2v) is 7.72. The molecule has 2 amide bonds. The summed E-state index contributed by atoms with van der Waals surface area (Å²) in [5, 5.41) is 0. The fourth-order valence-corrected chi connectivity index (χ4v) is 3.68. The van der Waals surface area contributed by atoms with Crippen LogP contribution in [0.5, 0.6) is 11.5 Å². The SMILES string of the molecule is CCCOc1ccc(C(=O)NNC(=O)c2c[nH]cc2-c2ccc(Cl)s2)cc1OC. The molecular formula is C20H20ClN3O4S. The summed E-state index contributed by atoms with van der Waals surface area (Å²) in [7, 11) is 1.50. The summed E-state index contributed by atoms with van der Waals surface area (Å²) in [4.78, 5) is 28.7. The number of hydrazine groups is 1. The molecule has 0 aliphatic heterocycles. The lowest BCUT2D eigenvalue weighted by Crippen LogP contribution is -2.41. The number of halogens is 1. The lowest BCUT2D eigenvalue weighted by molar-refractivity contribution is 0.0847. The molecule has 152 valence electrons. The third-order valence-electron chi connectivity index (χ3n) is 4.01. The van der Waals surface area contributed by atoms with Crippen molar-refractivity contribution in [1.82, 2.24) is 15.8 Å². The van der Waals surface area contributed by atoms with Crippen LogP contribution < -0.4 is 20.3 Å². The van der Waals surface area contributed by atoms with Crippen molar-refractivity contribution < 1.29 is 19.1 Å². The van der Waals surface area contributed by atoms with E-state index in [-0.39, 0.29) is 0 Å². The topological polar surface area (TPSA) is 92.5 Å². The van der Waals surface area contributed by atoms with Gasteiger partial charge in [0.05, 0.1) is 23.6 Å². The van der Waals surface area contributed by atoms with Gasteiger partial charge in [-0.05, 0) is 36.8 Å². The van der Waals surface area contributed by atoms with Crippen LogP contribution in [0.15, 0.2) is 42.7 Å². The molecule has 9 heteroatoms. The Bertz CT molecular complexity index is 1010. The molecule has 0 aliphatic carbocycles. The van der Waals surface area contributed by atoms with Gasteiger partial charge in [-0.15, -0.1) is 11.3 Å². The van der Waals surface area contributed by atoms with E-state index in [1.807, 2.05) is 13.0 Å². The van der Waals surface area contributed by atoms with Gasteiger partial charge in [0.15, 0.2) is 11.5 Å². The van der Waals surface area contributed by atoms with E-state index >= 15 is 0 Å². The van der Waals surface area contributed by atoms with Gasteiger partial charge in [-0.25, -0.2) is 0 Å². The van der Waals surface area contributed by atoms with Crippen LogP contribution in [0, 0.1) is 0 Å². The van der Waals surface area contributed by atoms with Crippen LogP contribution in [-0.4, -0.2) is 30.5 Å². The molecule has 3 aromatic rings. The number of carbonyl (C=O) groups excluding carboxylic acids is 2. The Morgan fingerprint density at radius 1 is 1.10 bits per heavy atom. The molecule has 0 unspecified atom stereocenters. The van der Waals surface area contributed by atoms with Gasteiger partial charge in [-0.3, -0.25) is 20.4 Å². The highest BCUT2D eigenvalue weighted by Crippen LogP contribution is 2.33. The Morgan fingerprint density at radius 3 is 2.59 bits per heavy atom. The summed E-state index contributed by atoms with van der Waals surface area (Å²) in [6.07, 6.45) is 4.13. The highest BCUT2D eigenvalue weighted by Gasteiger charge is 2.17. The zero-order chi connectivity index (χ0) is 20.8. The van der Waals surface area contributed by atoms with Crippen LogP contribution in [0.4, 0.5) is 0 Å². The van der Waals surface area contributed by atoms with Crippen LogP contribution in [0.2, 0.25) is 4.34 Å². The minimum Gasteiger partial charge on any atom is -0.493 e. The number of methoxy groups -OCH3 is 1. The van der Waals surface area contributed by atoms with Gasteiger partial charge in [-0.2, -0.15) is 0 Å². The zero-order valence-electron chi connectivity index (χ0n) is 15.9. The van der Waals surface area contributed by atoms with Crippen molar-refractivity contribution in [2.75, 3.05) is 13.7 Å². The second kappa shape index (κ2) is 9.49. The summed E-state index contributed by atoms with van der Waals surface area (Å²) in [5.41, 5.74) is 6.26. The smallest absolute Gasteiger partial charge is 0.271 e. The third kappa shape index (κ3) is 4.90. The molecule has 0 spiro atoms. The molecule has 2 heterocycles. The molecule has 3 rings (SSSR count). The molecule has 0 fully saturated rings. The quantitative estimate of drug-likeness (QED) is 0.485. The van der Waals surface area contributed by atoms with Gasteiger partial charge in [0.1, 0.15) is 0 Å². The number of carbonyl (C=O) groups is 2. The molecule has 3 N–H and O–H groups in total. The maximum Gasteiger partial charge on any atom is 0.271 e. The van der Waals surface area contributed by atoms with Gasteiger partial charge in [0, 0.05) is 28.4 Å². The fraction of sp³-hybridized carbons (Fsp3) is 0.200. The van der Waals surface area contributed by atoms with E-state index in [9.17, 15) is 9.59 Å². The number of hydrogen-bond acceptors (Lipinski definition) is 5. The number of amides is 2. The van der Waals surface area contributed by atoms with E-state index in [1.165, 1.54) is 18.4 Å². The Hall–Kier alpha value is -2.97. The summed E-state index contributed by atoms with van der Waals surface area (Å²) < 4.78 is 11.5. The monoisotopic (exact) mass is 433 g/mol. The van der Waals surface area contributed by atoms with Gasteiger partial charge >= 0.3 is 0 Å². The number of aromatic nitrogens is 1. The van der Waals surface area contributed by atoms with Gasteiger partial charge in [0.25, 0.3) is 11.8 Å². The summed E-state index contributed by atoms with van der Waals surface area (Å²) >= 11 is 7.34. The third-order valence-corrected chi connectivity index (χ3v) is 5.27. The van der Waals surface area contributed by atoms with Crippen LogP contribution >= 0.6 is 22.9 Å². The minimum atomic E-state index is -0.477. The standard InChI is InChI=1S/C20H20ClN3O4S/c1-3-8-28-15-5-4-12(9-16(15)27-2)19(25)23-24-20(26)14-11-22-10-13(14)17-6-7-18(21)29-17/h4-7,9-11,22H,3,8H2,1-2H3,(H,23,25)(H,24,26). The summed E-state index contributed by atoms with van der Waals surface area (Å²) in [5.74, 6) is 0.0744. The number of benzene rings is 1.